The van der Waals surface area contributed by atoms with Gasteiger partial charge in [0.05, 0.1) is 13.4 Å². The predicted octanol–water partition coefficient (Wildman–Crippen LogP) is 0.946. The fourth-order valence-corrected chi connectivity index (χ4v) is 1.22. The molecule has 0 fully saturated rings. The summed E-state index contributed by atoms with van der Waals surface area (Å²) < 4.78 is 9.65. The zero-order valence-electron chi connectivity index (χ0n) is 7.60. The molecule has 1 aliphatic rings. The van der Waals surface area contributed by atoms with Crippen molar-refractivity contribution in [2.75, 3.05) is 7.11 Å². The average molecular weight is 195 g/mol. The molecule has 0 saturated carbocycles. The molecule has 14 heavy (non-hydrogen) atoms. The second-order valence-electron chi connectivity index (χ2n) is 2.84. The molecule has 1 unspecified atom stereocenters. The minimum atomic E-state index is -0.639. The molecule has 1 aromatic rings. The van der Waals surface area contributed by atoms with Gasteiger partial charge in [-0.2, -0.15) is 0 Å². The van der Waals surface area contributed by atoms with Gasteiger partial charge in [-0.05, 0) is 12.1 Å². The van der Waals surface area contributed by atoms with E-state index in [9.17, 15) is 4.79 Å². The van der Waals surface area contributed by atoms with Gasteiger partial charge in [0.15, 0.2) is 5.76 Å². The number of furan rings is 1. The number of carbonyl (C=O) groups is 1. The Morgan fingerprint density at radius 2 is 2.57 bits per heavy atom. The first kappa shape index (κ1) is 8.80. The molecule has 0 spiro atoms. The molecule has 5 nitrogen and oxygen atoms in total. The highest BCUT2D eigenvalue weighted by Crippen LogP contribution is 2.17. The van der Waals surface area contributed by atoms with Crippen LogP contribution in [0.3, 0.4) is 0 Å². The van der Waals surface area contributed by atoms with Crippen LogP contribution in [0.25, 0.3) is 0 Å². The number of hydrogen-bond acceptors (Lipinski definition) is 5. The maximum atomic E-state index is 11.1. The predicted molar refractivity (Wildman–Crippen MR) is 46.8 cm³/mol. The number of methoxy groups -OCH3 is 1. The fourth-order valence-electron chi connectivity index (χ4n) is 1.22. The molecule has 5 heteroatoms. The molecular weight excluding hydrogens is 186 g/mol. The Balaban J connectivity index is 2.04. The lowest BCUT2D eigenvalue weighted by Crippen LogP contribution is -2.22. The third-order valence-electron chi connectivity index (χ3n) is 1.94. The highest BCUT2D eigenvalue weighted by molar-refractivity contribution is 6.01. The average Bonchev–Trinajstić information content (AvgIpc) is 2.86. The van der Waals surface area contributed by atoms with Gasteiger partial charge in [-0.1, -0.05) is 5.16 Å². The van der Waals surface area contributed by atoms with Crippen molar-refractivity contribution in [3.8, 4) is 0 Å². The minimum Gasteiger partial charge on any atom is -0.466 e. The van der Waals surface area contributed by atoms with Gasteiger partial charge in [-0.15, -0.1) is 0 Å². The minimum absolute atomic E-state index is 0.389. The van der Waals surface area contributed by atoms with Gasteiger partial charge >= 0.3 is 5.97 Å². The summed E-state index contributed by atoms with van der Waals surface area (Å²) in [5, 5.41) is 3.75. The lowest BCUT2D eigenvalue weighted by atomic mass is 10.1. The smallest absolute Gasteiger partial charge is 0.350 e. The van der Waals surface area contributed by atoms with Crippen molar-refractivity contribution in [1.29, 1.82) is 0 Å². The van der Waals surface area contributed by atoms with Crippen LogP contribution in [0.5, 0.6) is 0 Å². The molecule has 0 radical (unpaired) electrons. The van der Waals surface area contributed by atoms with Crippen molar-refractivity contribution in [3.63, 3.8) is 0 Å². The highest BCUT2D eigenvalue weighted by Gasteiger charge is 2.30. The van der Waals surface area contributed by atoms with Crippen LogP contribution in [0.4, 0.5) is 0 Å². The van der Waals surface area contributed by atoms with E-state index >= 15 is 0 Å². The van der Waals surface area contributed by atoms with E-state index in [-0.39, 0.29) is 0 Å². The molecular formula is C9H9NO4. The van der Waals surface area contributed by atoms with Gasteiger partial charge in [0.1, 0.15) is 5.71 Å². The van der Waals surface area contributed by atoms with Gasteiger partial charge in [0.25, 0.3) is 0 Å². The first-order valence-electron chi connectivity index (χ1n) is 4.15. The lowest BCUT2D eigenvalue weighted by molar-refractivity contribution is -0.152. The number of esters is 1. The Morgan fingerprint density at radius 1 is 1.71 bits per heavy atom. The van der Waals surface area contributed by atoms with E-state index < -0.39 is 12.1 Å². The van der Waals surface area contributed by atoms with Gasteiger partial charge < -0.3 is 14.0 Å². The van der Waals surface area contributed by atoms with Crippen LogP contribution in [0.1, 0.15) is 12.2 Å². The van der Waals surface area contributed by atoms with Gasteiger partial charge in [-0.3, -0.25) is 0 Å². The number of nitrogens with zero attached hydrogens (tertiary/aromatic N) is 1. The maximum absolute atomic E-state index is 11.1. The highest BCUT2D eigenvalue weighted by atomic mass is 16.7. The van der Waals surface area contributed by atoms with E-state index in [4.69, 9.17) is 9.25 Å². The second-order valence-corrected chi connectivity index (χ2v) is 2.84. The van der Waals surface area contributed by atoms with Crippen LogP contribution in [0.2, 0.25) is 0 Å². The number of carbonyl (C=O) groups excluding carboxylic acids is 1. The first-order chi connectivity index (χ1) is 6.81. The lowest BCUT2D eigenvalue weighted by Gasteiger charge is -2.03. The van der Waals surface area contributed by atoms with Crippen molar-refractivity contribution in [3.05, 3.63) is 24.2 Å². The van der Waals surface area contributed by atoms with Gasteiger partial charge in [0.2, 0.25) is 6.10 Å². The number of ether oxygens (including phenoxy) is 1. The van der Waals surface area contributed by atoms with Crippen LogP contribution in [-0.2, 0) is 14.4 Å². The van der Waals surface area contributed by atoms with E-state index in [0.717, 1.165) is 0 Å². The third kappa shape index (κ3) is 1.48. The van der Waals surface area contributed by atoms with Crippen molar-refractivity contribution in [2.45, 2.75) is 12.5 Å². The summed E-state index contributed by atoms with van der Waals surface area (Å²) in [6.45, 7) is 0. The summed E-state index contributed by atoms with van der Waals surface area (Å²) in [5.74, 6) is 0.201. The summed E-state index contributed by atoms with van der Waals surface area (Å²) in [4.78, 5) is 16.0. The van der Waals surface area contributed by atoms with E-state index in [0.29, 0.717) is 17.9 Å². The van der Waals surface area contributed by atoms with Crippen molar-refractivity contribution in [1.82, 2.24) is 0 Å². The van der Waals surface area contributed by atoms with Crippen LogP contribution >= 0.6 is 0 Å². The standard InChI is InChI=1S/C9H9NO4/c1-12-9(11)8-5-6(10-14-8)7-3-2-4-13-7/h2-4,8H,5H2,1H3. The van der Waals surface area contributed by atoms with Crippen molar-refractivity contribution in [2.24, 2.45) is 5.16 Å². The molecule has 0 saturated heterocycles. The Bertz CT molecular complexity index is 355. The molecule has 0 aliphatic carbocycles. The Morgan fingerprint density at radius 3 is 3.21 bits per heavy atom. The van der Waals surface area contributed by atoms with Crippen molar-refractivity contribution < 1.29 is 18.8 Å². The maximum Gasteiger partial charge on any atom is 0.350 e. The molecule has 2 rings (SSSR count). The number of hydrogen-bond donors (Lipinski definition) is 0. The zero-order chi connectivity index (χ0) is 9.97. The molecule has 1 aromatic heterocycles. The summed E-state index contributed by atoms with van der Waals surface area (Å²) in [6, 6.07) is 3.52. The summed E-state index contributed by atoms with van der Waals surface area (Å²) in [7, 11) is 1.32. The molecule has 0 N–H and O–H groups in total. The van der Waals surface area contributed by atoms with Crippen LogP contribution < -0.4 is 0 Å². The Kier molecular flexibility index (Phi) is 2.22. The summed E-state index contributed by atoms with van der Waals surface area (Å²) in [5.41, 5.74) is 0.630. The molecule has 74 valence electrons. The molecule has 2 heterocycles. The van der Waals surface area contributed by atoms with Crippen LogP contribution in [0.15, 0.2) is 28.0 Å². The monoisotopic (exact) mass is 195 g/mol. The summed E-state index contributed by atoms with van der Waals surface area (Å²) in [6.07, 6.45) is 1.30. The summed E-state index contributed by atoms with van der Waals surface area (Å²) >= 11 is 0. The van der Waals surface area contributed by atoms with E-state index in [1.165, 1.54) is 7.11 Å². The molecule has 1 aliphatic heterocycles. The second kappa shape index (κ2) is 3.53. The van der Waals surface area contributed by atoms with Gasteiger partial charge in [0, 0.05) is 6.42 Å². The number of oxime groups is 1. The molecule has 1 atom stereocenters. The van der Waals surface area contributed by atoms with E-state index in [2.05, 4.69) is 9.89 Å². The Labute approximate surface area is 80.3 Å². The molecule has 0 amide bonds. The van der Waals surface area contributed by atoms with Crippen LogP contribution in [0, 0.1) is 0 Å². The van der Waals surface area contributed by atoms with Gasteiger partial charge in [-0.25, -0.2) is 4.79 Å². The van der Waals surface area contributed by atoms with Crippen molar-refractivity contribution >= 4 is 11.7 Å². The normalized spacial score (nSPS) is 20.1. The van der Waals surface area contributed by atoms with E-state index in [1.54, 1.807) is 18.4 Å². The largest absolute Gasteiger partial charge is 0.466 e. The topological polar surface area (TPSA) is 61.0 Å². The Hall–Kier alpha value is -1.78. The molecule has 0 aromatic carbocycles. The quantitative estimate of drug-likeness (QED) is 0.659. The first-order valence-corrected chi connectivity index (χ1v) is 4.15. The zero-order valence-corrected chi connectivity index (χ0v) is 7.60. The SMILES string of the molecule is COC(=O)C1CC(c2ccco2)=NO1. The molecule has 0 bridgehead atoms. The fraction of sp³-hybridized carbons (Fsp3) is 0.333. The number of rotatable bonds is 2. The van der Waals surface area contributed by atoms with E-state index in [1.807, 2.05) is 0 Å². The van der Waals surface area contributed by atoms with Crippen LogP contribution in [-0.4, -0.2) is 24.9 Å². The third-order valence-corrected chi connectivity index (χ3v) is 1.94.